The lowest BCUT2D eigenvalue weighted by Crippen LogP contribution is -2.15. The fourth-order valence-corrected chi connectivity index (χ4v) is 2.78. The van der Waals surface area contributed by atoms with Gasteiger partial charge in [-0.15, -0.1) is 10.2 Å². The van der Waals surface area contributed by atoms with Crippen molar-refractivity contribution in [1.82, 2.24) is 10.2 Å². The number of carbonyl (C=O) groups excluding carboxylic acids is 1. The average molecular weight is 362 g/mol. The molecule has 3 rings (SSSR count). The SMILES string of the molecule is COc1ccc(CC(=O)Nc2ccc(Nc3cc(C)cc(C)c3)nn2)cc1. The highest BCUT2D eigenvalue weighted by Gasteiger charge is 2.06. The fourth-order valence-electron chi connectivity index (χ4n) is 2.78. The highest BCUT2D eigenvalue weighted by molar-refractivity contribution is 5.91. The van der Waals surface area contributed by atoms with Crippen molar-refractivity contribution < 1.29 is 9.53 Å². The number of carbonyl (C=O) groups is 1. The average Bonchev–Trinajstić information content (AvgIpc) is 2.63. The van der Waals surface area contributed by atoms with Crippen LogP contribution in [0.25, 0.3) is 0 Å². The second-order valence-electron chi connectivity index (χ2n) is 6.38. The van der Waals surface area contributed by atoms with Crippen molar-refractivity contribution in [2.45, 2.75) is 20.3 Å². The van der Waals surface area contributed by atoms with E-state index in [-0.39, 0.29) is 12.3 Å². The molecular formula is C21H22N4O2. The largest absolute Gasteiger partial charge is 0.497 e. The lowest BCUT2D eigenvalue weighted by Gasteiger charge is -2.08. The molecule has 0 saturated heterocycles. The minimum Gasteiger partial charge on any atom is -0.497 e. The third-order valence-corrected chi connectivity index (χ3v) is 3.95. The van der Waals surface area contributed by atoms with Crippen LogP contribution in [0.2, 0.25) is 0 Å². The normalized spacial score (nSPS) is 10.3. The molecule has 1 aromatic heterocycles. The number of aromatic nitrogens is 2. The van der Waals surface area contributed by atoms with E-state index in [9.17, 15) is 4.79 Å². The Hall–Kier alpha value is -3.41. The number of nitrogens with zero attached hydrogens (tertiary/aromatic N) is 2. The quantitative estimate of drug-likeness (QED) is 0.692. The molecule has 1 amide bonds. The van der Waals surface area contributed by atoms with Crippen LogP contribution in [0, 0.1) is 13.8 Å². The number of hydrogen-bond donors (Lipinski definition) is 2. The maximum absolute atomic E-state index is 12.2. The van der Waals surface area contributed by atoms with Gasteiger partial charge in [0.1, 0.15) is 5.75 Å². The molecule has 0 fully saturated rings. The first kappa shape index (κ1) is 18.4. The lowest BCUT2D eigenvalue weighted by molar-refractivity contribution is -0.115. The maximum Gasteiger partial charge on any atom is 0.229 e. The number of amides is 1. The summed E-state index contributed by atoms with van der Waals surface area (Å²) in [6.07, 6.45) is 0.258. The van der Waals surface area contributed by atoms with Crippen molar-refractivity contribution in [3.8, 4) is 5.75 Å². The van der Waals surface area contributed by atoms with Crippen LogP contribution < -0.4 is 15.4 Å². The number of hydrogen-bond acceptors (Lipinski definition) is 5. The van der Waals surface area contributed by atoms with Crippen LogP contribution in [-0.2, 0) is 11.2 Å². The van der Waals surface area contributed by atoms with Crippen LogP contribution in [-0.4, -0.2) is 23.2 Å². The van der Waals surface area contributed by atoms with Crippen LogP contribution in [0.15, 0.2) is 54.6 Å². The van der Waals surface area contributed by atoms with Crippen LogP contribution in [0.5, 0.6) is 5.75 Å². The van der Waals surface area contributed by atoms with Gasteiger partial charge in [0, 0.05) is 5.69 Å². The summed E-state index contributed by atoms with van der Waals surface area (Å²) in [5, 5.41) is 14.2. The zero-order chi connectivity index (χ0) is 19.2. The molecule has 1 heterocycles. The Morgan fingerprint density at radius 3 is 2.15 bits per heavy atom. The van der Waals surface area contributed by atoms with Gasteiger partial charge in [-0.2, -0.15) is 0 Å². The number of benzene rings is 2. The van der Waals surface area contributed by atoms with Gasteiger partial charge in [0.15, 0.2) is 11.6 Å². The summed E-state index contributed by atoms with van der Waals surface area (Å²) in [5.41, 5.74) is 4.20. The number of nitrogens with one attached hydrogen (secondary N) is 2. The predicted molar refractivity (Wildman–Crippen MR) is 107 cm³/mol. The van der Waals surface area contributed by atoms with Gasteiger partial charge in [-0.25, -0.2) is 0 Å². The van der Waals surface area contributed by atoms with Crippen molar-refractivity contribution in [3.63, 3.8) is 0 Å². The monoisotopic (exact) mass is 362 g/mol. The summed E-state index contributed by atoms with van der Waals surface area (Å²) in [6, 6.07) is 17.1. The van der Waals surface area contributed by atoms with E-state index >= 15 is 0 Å². The van der Waals surface area contributed by atoms with E-state index in [1.54, 1.807) is 19.2 Å². The van der Waals surface area contributed by atoms with Gasteiger partial charge in [-0.3, -0.25) is 4.79 Å². The Balaban J connectivity index is 1.58. The van der Waals surface area contributed by atoms with Crippen molar-refractivity contribution in [2.24, 2.45) is 0 Å². The van der Waals surface area contributed by atoms with E-state index in [0.717, 1.165) is 17.0 Å². The molecule has 0 unspecified atom stereocenters. The van der Waals surface area contributed by atoms with Gasteiger partial charge in [0.2, 0.25) is 5.91 Å². The molecule has 6 nitrogen and oxygen atoms in total. The molecule has 0 bridgehead atoms. The molecule has 27 heavy (non-hydrogen) atoms. The van der Waals surface area contributed by atoms with Crippen molar-refractivity contribution in [2.75, 3.05) is 17.7 Å². The smallest absolute Gasteiger partial charge is 0.229 e. The van der Waals surface area contributed by atoms with Crippen LogP contribution in [0.3, 0.4) is 0 Å². The summed E-state index contributed by atoms with van der Waals surface area (Å²) in [5.74, 6) is 1.65. The Morgan fingerprint density at radius 1 is 0.926 bits per heavy atom. The number of ether oxygens (including phenoxy) is 1. The minimum atomic E-state index is -0.149. The first-order valence-electron chi connectivity index (χ1n) is 8.63. The summed E-state index contributed by atoms with van der Waals surface area (Å²) >= 11 is 0. The zero-order valence-corrected chi connectivity index (χ0v) is 15.6. The van der Waals surface area contributed by atoms with Gasteiger partial charge in [0.25, 0.3) is 0 Å². The molecule has 2 aromatic carbocycles. The highest BCUT2D eigenvalue weighted by atomic mass is 16.5. The summed E-state index contributed by atoms with van der Waals surface area (Å²) < 4.78 is 5.11. The van der Waals surface area contributed by atoms with E-state index in [1.165, 1.54) is 11.1 Å². The van der Waals surface area contributed by atoms with Gasteiger partial charge in [-0.1, -0.05) is 18.2 Å². The van der Waals surface area contributed by atoms with Gasteiger partial charge in [0.05, 0.1) is 13.5 Å². The molecule has 2 N–H and O–H groups in total. The molecule has 0 aliphatic carbocycles. The van der Waals surface area contributed by atoms with E-state index in [1.807, 2.05) is 50.2 Å². The standard InChI is InChI=1S/C21H22N4O2/c1-14-10-15(2)12-17(11-14)22-19-8-9-20(25-24-19)23-21(26)13-16-4-6-18(27-3)7-5-16/h4-12H,13H2,1-3H3,(H,22,24)(H,23,25,26). The molecule has 3 aromatic rings. The molecule has 0 spiro atoms. The Morgan fingerprint density at radius 2 is 1.56 bits per heavy atom. The highest BCUT2D eigenvalue weighted by Crippen LogP contribution is 2.18. The van der Waals surface area contributed by atoms with E-state index in [0.29, 0.717) is 11.6 Å². The lowest BCUT2D eigenvalue weighted by atomic mass is 10.1. The first-order chi connectivity index (χ1) is 13.0. The topological polar surface area (TPSA) is 76.1 Å². The molecule has 6 heteroatoms. The van der Waals surface area contributed by atoms with E-state index in [2.05, 4.69) is 26.9 Å². The Bertz CT molecular complexity index is 902. The summed E-state index contributed by atoms with van der Waals surface area (Å²) in [7, 11) is 1.61. The molecule has 138 valence electrons. The number of aryl methyl sites for hydroxylation is 2. The maximum atomic E-state index is 12.2. The van der Waals surface area contributed by atoms with Crippen LogP contribution in [0.4, 0.5) is 17.3 Å². The molecule has 0 radical (unpaired) electrons. The first-order valence-corrected chi connectivity index (χ1v) is 8.63. The van der Waals surface area contributed by atoms with E-state index < -0.39 is 0 Å². The molecular weight excluding hydrogens is 340 g/mol. The third kappa shape index (κ3) is 5.28. The van der Waals surface area contributed by atoms with Crippen LogP contribution >= 0.6 is 0 Å². The fraction of sp³-hybridized carbons (Fsp3) is 0.190. The van der Waals surface area contributed by atoms with Gasteiger partial charge in [-0.05, 0) is 66.9 Å². The summed E-state index contributed by atoms with van der Waals surface area (Å²) in [4.78, 5) is 12.2. The van der Waals surface area contributed by atoms with Gasteiger partial charge < -0.3 is 15.4 Å². The minimum absolute atomic E-state index is 0.149. The van der Waals surface area contributed by atoms with Crippen molar-refractivity contribution in [1.29, 1.82) is 0 Å². The second kappa shape index (κ2) is 8.31. The predicted octanol–water partition coefficient (Wildman–Crippen LogP) is 4.03. The van der Waals surface area contributed by atoms with Gasteiger partial charge >= 0.3 is 0 Å². The number of rotatable bonds is 6. The Kier molecular flexibility index (Phi) is 5.66. The number of anilines is 3. The van der Waals surface area contributed by atoms with Crippen LogP contribution in [0.1, 0.15) is 16.7 Å². The Labute approximate surface area is 158 Å². The molecule has 0 saturated carbocycles. The third-order valence-electron chi connectivity index (χ3n) is 3.95. The zero-order valence-electron chi connectivity index (χ0n) is 15.6. The second-order valence-corrected chi connectivity index (χ2v) is 6.38. The molecule has 0 atom stereocenters. The van der Waals surface area contributed by atoms with Crippen molar-refractivity contribution in [3.05, 3.63) is 71.3 Å². The van der Waals surface area contributed by atoms with E-state index in [4.69, 9.17) is 4.74 Å². The summed E-state index contributed by atoms with van der Waals surface area (Å²) in [6.45, 7) is 4.09. The molecule has 0 aliphatic rings. The molecule has 0 aliphatic heterocycles. The van der Waals surface area contributed by atoms with Crippen molar-refractivity contribution >= 4 is 23.2 Å². The number of methoxy groups -OCH3 is 1.